The maximum Gasteiger partial charge on any atom is 0.246 e. The minimum Gasteiger partial charge on any atom is -0.493 e. The molecule has 3 aromatic rings. The van der Waals surface area contributed by atoms with Crippen LogP contribution in [-0.2, 0) is 17.9 Å². The van der Waals surface area contributed by atoms with Crippen molar-refractivity contribution >= 4 is 12.0 Å². The molecular weight excluding hydrogens is 380 g/mol. The number of carbonyl (C=O) groups excluding carboxylic acids is 1. The molecule has 3 rings (SSSR count). The van der Waals surface area contributed by atoms with Crippen LogP contribution in [0.25, 0.3) is 6.08 Å². The summed E-state index contributed by atoms with van der Waals surface area (Å²) >= 11 is 0. The molecule has 1 amide bonds. The molecule has 0 aliphatic carbocycles. The fourth-order valence-electron chi connectivity index (χ4n) is 2.99. The van der Waals surface area contributed by atoms with E-state index < -0.39 is 0 Å². The fourth-order valence-corrected chi connectivity index (χ4v) is 2.99. The number of carbonyl (C=O) groups is 1. The predicted octanol–water partition coefficient (Wildman–Crippen LogP) is 4.55. The summed E-state index contributed by atoms with van der Waals surface area (Å²) in [6.07, 6.45) is 3.33. The molecule has 0 spiro atoms. The summed E-state index contributed by atoms with van der Waals surface area (Å²) in [4.78, 5) is 14.1. The maximum atomic E-state index is 12.4. The van der Waals surface area contributed by atoms with Gasteiger partial charge in [-0.05, 0) is 43.2 Å². The van der Waals surface area contributed by atoms with Gasteiger partial charge >= 0.3 is 0 Å². The molecule has 1 heterocycles. The zero-order valence-corrected chi connectivity index (χ0v) is 17.7. The second kappa shape index (κ2) is 9.78. The molecule has 0 aliphatic heterocycles. The van der Waals surface area contributed by atoms with Gasteiger partial charge in [-0.3, -0.25) is 4.79 Å². The maximum absolute atomic E-state index is 12.4. The highest BCUT2D eigenvalue weighted by molar-refractivity contribution is 5.91. The summed E-state index contributed by atoms with van der Waals surface area (Å²) in [5.41, 5.74) is 3.67. The number of methoxy groups -OCH3 is 1. The first-order chi connectivity index (χ1) is 14.5. The third-order valence-electron chi connectivity index (χ3n) is 4.80. The van der Waals surface area contributed by atoms with Gasteiger partial charge in [-0.25, -0.2) is 0 Å². The van der Waals surface area contributed by atoms with Crippen molar-refractivity contribution in [2.24, 2.45) is 0 Å². The summed E-state index contributed by atoms with van der Waals surface area (Å²) in [7, 11) is 3.37. The number of amides is 1. The van der Waals surface area contributed by atoms with Gasteiger partial charge < -0.3 is 18.9 Å². The highest BCUT2D eigenvalue weighted by Gasteiger charge is 2.12. The Morgan fingerprint density at radius 1 is 1.13 bits per heavy atom. The van der Waals surface area contributed by atoms with Crippen molar-refractivity contribution < 1.29 is 18.8 Å². The van der Waals surface area contributed by atoms with Gasteiger partial charge in [0, 0.05) is 19.7 Å². The summed E-state index contributed by atoms with van der Waals surface area (Å²) in [6, 6.07) is 15.4. The molecule has 156 valence electrons. The number of benzene rings is 2. The number of aromatic nitrogens is 1. The van der Waals surface area contributed by atoms with Crippen LogP contribution in [0.5, 0.6) is 11.5 Å². The molecule has 0 N–H and O–H groups in total. The van der Waals surface area contributed by atoms with E-state index in [4.69, 9.17) is 14.0 Å². The van der Waals surface area contributed by atoms with Crippen molar-refractivity contribution in [1.82, 2.24) is 10.1 Å². The van der Waals surface area contributed by atoms with E-state index >= 15 is 0 Å². The third-order valence-corrected chi connectivity index (χ3v) is 4.80. The second-order valence-electron chi connectivity index (χ2n) is 7.01. The zero-order chi connectivity index (χ0) is 21.5. The molecular formula is C24H26N2O4. The Kier molecular flexibility index (Phi) is 6.91. The number of nitrogens with zero attached hydrogens (tertiary/aromatic N) is 2. The first-order valence-corrected chi connectivity index (χ1v) is 9.67. The Hall–Kier alpha value is -3.54. The normalized spacial score (nSPS) is 10.9. The SMILES string of the molecule is COc1cc(/C=C/C(=O)N(C)Cc2ccccc2)ccc1OCc1c(C)noc1C. The van der Waals surface area contributed by atoms with Gasteiger partial charge in [-0.1, -0.05) is 41.6 Å². The van der Waals surface area contributed by atoms with E-state index in [2.05, 4.69) is 5.16 Å². The topological polar surface area (TPSA) is 64.8 Å². The number of rotatable bonds is 8. The van der Waals surface area contributed by atoms with Gasteiger partial charge in [0.2, 0.25) is 5.91 Å². The zero-order valence-electron chi connectivity index (χ0n) is 17.7. The molecule has 1 aromatic heterocycles. The van der Waals surface area contributed by atoms with Gasteiger partial charge in [-0.15, -0.1) is 0 Å². The Morgan fingerprint density at radius 3 is 2.57 bits per heavy atom. The van der Waals surface area contributed by atoms with Crippen LogP contribution in [0.1, 0.15) is 28.1 Å². The summed E-state index contributed by atoms with van der Waals surface area (Å²) in [6.45, 7) is 4.64. The van der Waals surface area contributed by atoms with Crippen LogP contribution >= 0.6 is 0 Å². The second-order valence-corrected chi connectivity index (χ2v) is 7.01. The summed E-state index contributed by atoms with van der Waals surface area (Å²) in [5, 5.41) is 3.94. The standard InChI is InChI=1S/C24H26N2O4/c1-17-21(18(2)30-25-17)16-29-22-12-10-19(14-23(22)28-4)11-13-24(27)26(3)15-20-8-6-5-7-9-20/h5-14H,15-16H2,1-4H3/b13-11+. The molecule has 0 unspecified atom stereocenters. The first kappa shape index (κ1) is 21.2. The lowest BCUT2D eigenvalue weighted by molar-refractivity contribution is -0.125. The van der Waals surface area contributed by atoms with E-state index in [1.165, 1.54) is 0 Å². The molecule has 0 aliphatic rings. The van der Waals surface area contributed by atoms with Crippen molar-refractivity contribution in [1.29, 1.82) is 0 Å². The predicted molar refractivity (Wildman–Crippen MR) is 115 cm³/mol. The van der Waals surface area contributed by atoms with Crippen LogP contribution in [0.2, 0.25) is 0 Å². The van der Waals surface area contributed by atoms with E-state index in [0.717, 1.165) is 28.1 Å². The largest absolute Gasteiger partial charge is 0.493 e. The molecule has 0 saturated carbocycles. The highest BCUT2D eigenvalue weighted by atomic mass is 16.5. The number of ether oxygens (including phenoxy) is 2. The molecule has 0 radical (unpaired) electrons. The lowest BCUT2D eigenvalue weighted by Crippen LogP contribution is -2.24. The van der Waals surface area contributed by atoms with E-state index in [-0.39, 0.29) is 5.91 Å². The summed E-state index contributed by atoms with van der Waals surface area (Å²) < 4.78 is 16.5. The van der Waals surface area contributed by atoms with Crippen molar-refractivity contribution in [3.63, 3.8) is 0 Å². The number of hydrogen-bond acceptors (Lipinski definition) is 5. The number of aryl methyl sites for hydroxylation is 2. The van der Waals surface area contributed by atoms with Crippen LogP contribution in [0, 0.1) is 13.8 Å². The molecule has 2 aromatic carbocycles. The molecule has 0 bridgehead atoms. The minimum absolute atomic E-state index is 0.0726. The highest BCUT2D eigenvalue weighted by Crippen LogP contribution is 2.30. The van der Waals surface area contributed by atoms with Gasteiger partial charge in [0.1, 0.15) is 12.4 Å². The molecule has 0 atom stereocenters. The van der Waals surface area contributed by atoms with Crippen LogP contribution in [0.15, 0.2) is 59.1 Å². The minimum atomic E-state index is -0.0726. The molecule has 0 fully saturated rings. The number of hydrogen-bond donors (Lipinski definition) is 0. The number of likely N-dealkylation sites (N-methyl/N-ethyl adjacent to an activating group) is 1. The fraction of sp³-hybridized carbons (Fsp3) is 0.250. The van der Waals surface area contributed by atoms with E-state index in [1.807, 2.05) is 62.4 Å². The molecule has 6 heteroatoms. The van der Waals surface area contributed by atoms with E-state index in [9.17, 15) is 4.79 Å². The van der Waals surface area contributed by atoms with Crippen molar-refractivity contribution in [3.8, 4) is 11.5 Å². The van der Waals surface area contributed by atoms with Gasteiger partial charge in [0.05, 0.1) is 18.4 Å². The first-order valence-electron chi connectivity index (χ1n) is 9.67. The van der Waals surface area contributed by atoms with Gasteiger partial charge in [-0.2, -0.15) is 0 Å². The average Bonchev–Trinajstić information content (AvgIpc) is 3.08. The van der Waals surface area contributed by atoms with Gasteiger partial charge in [0.15, 0.2) is 11.5 Å². The summed E-state index contributed by atoms with van der Waals surface area (Å²) in [5.74, 6) is 1.87. The van der Waals surface area contributed by atoms with Crippen LogP contribution in [0.4, 0.5) is 0 Å². The van der Waals surface area contributed by atoms with Crippen LogP contribution in [0.3, 0.4) is 0 Å². The van der Waals surface area contributed by atoms with Crippen molar-refractivity contribution in [2.45, 2.75) is 27.0 Å². The van der Waals surface area contributed by atoms with Crippen LogP contribution < -0.4 is 9.47 Å². The quantitative estimate of drug-likeness (QED) is 0.514. The Labute approximate surface area is 176 Å². The third kappa shape index (κ3) is 5.29. The van der Waals surface area contributed by atoms with Crippen molar-refractivity contribution in [2.75, 3.05) is 14.2 Å². The Morgan fingerprint density at radius 2 is 1.90 bits per heavy atom. The van der Waals surface area contributed by atoms with E-state index in [0.29, 0.717) is 24.7 Å². The van der Waals surface area contributed by atoms with Crippen LogP contribution in [-0.4, -0.2) is 30.1 Å². The van der Waals surface area contributed by atoms with Crippen molar-refractivity contribution in [3.05, 3.63) is 82.8 Å². The monoisotopic (exact) mass is 406 g/mol. The lowest BCUT2D eigenvalue weighted by atomic mass is 10.1. The molecule has 30 heavy (non-hydrogen) atoms. The molecule has 6 nitrogen and oxygen atoms in total. The Balaban J connectivity index is 1.64. The average molecular weight is 406 g/mol. The smallest absolute Gasteiger partial charge is 0.246 e. The molecule has 0 saturated heterocycles. The van der Waals surface area contributed by atoms with E-state index in [1.54, 1.807) is 31.2 Å². The lowest BCUT2D eigenvalue weighted by Gasteiger charge is -2.15. The Bertz CT molecular complexity index is 1010. The van der Waals surface area contributed by atoms with Gasteiger partial charge in [0.25, 0.3) is 0 Å².